The highest BCUT2D eigenvalue weighted by atomic mass is 16.1. The number of benzene rings is 2. The molecule has 120 valence electrons. The van der Waals surface area contributed by atoms with Crippen molar-refractivity contribution in [2.24, 2.45) is 0 Å². The third-order valence-corrected chi connectivity index (χ3v) is 4.62. The SMILES string of the molecule is CN1C(=C2C(=N)N(c3ccccc3)CC2=O)N(C)c2ccccc21. The van der Waals surface area contributed by atoms with Gasteiger partial charge in [-0.25, -0.2) is 0 Å². The van der Waals surface area contributed by atoms with Crippen LogP contribution in [0.4, 0.5) is 17.1 Å². The van der Waals surface area contributed by atoms with E-state index in [1.165, 1.54) is 0 Å². The van der Waals surface area contributed by atoms with Crippen molar-refractivity contribution in [3.8, 4) is 0 Å². The fraction of sp³-hybridized carbons (Fsp3) is 0.158. The Hall–Kier alpha value is -3.08. The van der Waals surface area contributed by atoms with Gasteiger partial charge in [0.15, 0.2) is 5.78 Å². The molecular weight excluding hydrogens is 300 g/mol. The minimum Gasteiger partial charge on any atom is -0.328 e. The van der Waals surface area contributed by atoms with Gasteiger partial charge in [0, 0.05) is 19.8 Å². The second-order valence-corrected chi connectivity index (χ2v) is 6.00. The van der Waals surface area contributed by atoms with Gasteiger partial charge in [-0.2, -0.15) is 0 Å². The van der Waals surface area contributed by atoms with Gasteiger partial charge in [-0.1, -0.05) is 30.3 Å². The summed E-state index contributed by atoms with van der Waals surface area (Å²) in [7, 11) is 3.88. The number of nitrogens with zero attached hydrogens (tertiary/aromatic N) is 3. The Morgan fingerprint density at radius 1 is 0.875 bits per heavy atom. The number of nitrogens with one attached hydrogen (secondary N) is 1. The fourth-order valence-corrected chi connectivity index (χ4v) is 3.45. The lowest BCUT2D eigenvalue weighted by atomic mass is 10.2. The molecule has 5 heteroatoms. The Kier molecular flexibility index (Phi) is 3.16. The lowest BCUT2D eigenvalue weighted by Gasteiger charge is -2.22. The topological polar surface area (TPSA) is 50.6 Å². The standard InChI is InChI=1S/C19H18N4O/c1-21-14-10-6-7-11-15(14)22(2)19(21)17-16(24)12-23(18(17)20)13-8-4-3-5-9-13/h3-11,20H,12H2,1-2H3. The number of anilines is 3. The van der Waals surface area contributed by atoms with Crippen LogP contribution in [0.15, 0.2) is 66.0 Å². The van der Waals surface area contributed by atoms with Crippen molar-refractivity contribution in [2.75, 3.05) is 35.3 Å². The number of hydrogen-bond acceptors (Lipinski definition) is 4. The average molecular weight is 318 g/mol. The molecule has 2 heterocycles. The Morgan fingerprint density at radius 3 is 2.00 bits per heavy atom. The molecule has 0 radical (unpaired) electrons. The van der Waals surface area contributed by atoms with Crippen molar-refractivity contribution in [2.45, 2.75) is 0 Å². The number of fused-ring (bicyclic) bond motifs is 1. The van der Waals surface area contributed by atoms with Crippen LogP contribution in [-0.2, 0) is 4.79 Å². The van der Waals surface area contributed by atoms with Crippen molar-refractivity contribution in [1.82, 2.24) is 0 Å². The highest BCUT2D eigenvalue weighted by Gasteiger charge is 2.39. The lowest BCUT2D eigenvalue weighted by molar-refractivity contribution is -0.113. The van der Waals surface area contributed by atoms with Crippen molar-refractivity contribution in [3.63, 3.8) is 0 Å². The van der Waals surface area contributed by atoms with Crippen LogP contribution in [0.1, 0.15) is 0 Å². The van der Waals surface area contributed by atoms with Crippen LogP contribution in [0.5, 0.6) is 0 Å². The molecule has 24 heavy (non-hydrogen) atoms. The van der Waals surface area contributed by atoms with Crippen LogP contribution >= 0.6 is 0 Å². The zero-order valence-electron chi connectivity index (χ0n) is 13.7. The molecule has 2 aliphatic rings. The van der Waals surface area contributed by atoms with E-state index in [0.29, 0.717) is 5.57 Å². The van der Waals surface area contributed by atoms with Gasteiger partial charge in [-0.15, -0.1) is 0 Å². The highest BCUT2D eigenvalue weighted by Crippen LogP contribution is 2.41. The minimum atomic E-state index is -0.0228. The molecule has 0 aliphatic carbocycles. The van der Waals surface area contributed by atoms with Crippen LogP contribution in [0.25, 0.3) is 0 Å². The molecule has 1 saturated heterocycles. The number of Topliss-reactive ketones (excluding diaryl/α,β-unsaturated/α-hetero) is 1. The molecule has 5 nitrogen and oxygen atoms in total. The molecule has 0 amide bonds. The number of ketones is 1. The van der Waals surface area contributed by atoms with E-state index in [1.54, 1.807) is 4.90 Å². The molecule has 0 atom stereocenters. The van der Waals surface area contributed by atoms with Crippen molar-refractivity contribution in [1.29, 1.82) is 5.41 Å². The van der Waals surface area contributed by atoms with Gasteiger partial charge < -0.3 is 14.7 Å². The van der Waals surface area contributed by atoms with Gasteiger partial charge in [-0.3, -0.25) is 10.2 Å². The Morgan fingerprint density at radius 2 is 1.42 bits per heavy atom. The Labute approximate surface area is 140 Å². The number of hydrogen-bond donors (Lipinski definition) is 1. The predicted octanol–water partition coefficient (Wildman–Crippen LogP) is 2.85. The summed E-state index contributed by atoms with van der Waals surface area (Å²) < 4.78 is 0. The lowest BCUT2D eigenvalue weighted by Crippen LogP contribution is -2.29. The van der Waals surface area contributed by atoms with Gasteiger partial charge in [-0.05, 0) is 24.3 Å². The predicted molar refractivity (Wildman–Crippen MR) is 96.8 cm³/mol. The number of carbonyl (C=O) groups excluding carboxylic acids is 1. The van der Waals surface area contributed by atoms with E-state index in [9.17, 15) is 4.79 Å². The van der Waals surface area contributed by atoms with Crippen LogP contribution in [0.2, 0.25) is 0 Å². The van der Waals surface area contributed by atoms with Crippen LogP contribution in [-0.4, -0.2) is 32.3 Å². The Bertz CT molecular complexity index is 841. The van der Waals surface area contributed by atoms with E-state index >= 15 is 0 Å². The third-order valence-electron chi connectivity index (χ3n) is 4.62. The molecule has 0 saturated carbocycles. The minimum absolute atomic E-state index is 0.0228. The third kappa shape index (κ3) is 1.94. The summed E-state index contributed by atoms with van der Waals surface area (Å²) in [5.41, 5.74) is 3.43. The quantitative estimate of drug-likeness (QED) is 0.822. The van der Waals surface area contributed by atoms with E-state index in [1.807, 2.05) is 78.5 Å². The van der Waals surface area contributed by atoms with E-state index < -0.39 is 0 Å². The van der Waals surface area contributed by atoms with Gasteiger partial charge in [0.1, 0.15) is 17.2 Å². The highest BCUT2D eigenvalue weighted by molar-refractivity contribution is 6.34. The number of carbonyl (C=O) groups is 1. The van der Waals surface area contributed by atoms with Gasteiger partial charge in [0.25, 0.3) is 0 Å². The number of amidine groups is 1. The first-order valence-electron chi connectivity index (χ1n) is 7.85. The maximum Gasteiger partial charge on any atom is 0.189 e. The molecule has 0 spiro atoms. The molecule has 2 aliphatic heterocycles. The molecule has 0 bridgehead atoms. The maximum atomic E-state index is 12.7. The van der Waals surface area contributed by atoms with Crippen molar-refractivity contribution >= 4 is 28.7 Å². The second-order valence-electron chi connectivity index (χ2n) is 6.00. The average Bonchev–Trinajstić information content (AvgIpc) is 3.03. The van der Waals surface area contributed by atoms with Crippen molar-refractivity contribution in [3.05, 3.63) is 66.0 Å². The van der Waals surface area contributed by atoms with Gasteiger partial charge in [0.2, 0.25) is 0 Å². The first kappa shape index (κ1) is 14.5. The van der Waals surface area contributed by atoms with Crippen LogP contribution in [0, 0.1) is 5.41 Å². The molecule has 1 fully saturated rings. The molecule has 2 aromatic carbocycles. The first-order valence-corrected chi connectivity index (χ1v) is 7.85. The summed E-state index contributed by atoms with van der Waals surface area (Å²) in [5, 5.41) is 8.58. The fourth-order valence-electron chi connectivity index (χ4n) is 3.45. The number of para-hydroxylation sites is 3. The number of rotatable bonds is 1. The van der Waals surface area contributed by atoms with Gasteiger partial charge in [0.05, 0.1) is 17.9 Å². The summed E-state index contributed by atoms with van der Waals surface area (Å²) >= 11 is 0. The Balaban J connectivity index is 1.81. The molecule has 2 aromatic rings. The zero-order chi connectivity index (χ0) is 16.8. The summed E-state index contributed by atoms with van der Waals surface area (Å²) in [6.45, 7) is 0.208. The molecule has 0 unspecified atom stereocenters. The smallest absolute Gasteiger partial charge is 0.189 e. The largest absolute Gasteiger partial charge is 0.328 e. The van der Waals surface area contributed by atoms with E-state index in [-0.39, 0.29) is 18.2 Å². The summed E-state index contributed by atoms with van der Waals surface area (Å²) in [6.07, 6.45) is 0. The summed E-state index contributed by atoms with van der Waals surface area (Å²) in [6, 6.07) is 17.6. The maximum absolute atomic E-state index is 12.7. The summed E-state index contributed by atoms with van der Waals surface area (Å²) in [5.74, 6) is 1.00. The van der Waals surface area contributed by atoms with Crippen molar-refractivity contribution < 1.29 is 4.79 Å². The molecular formula is C19H18N4O. The van der Waals surface area contributed by atoms with E-state index in [0.717, 1.165) is 22.9 Å². The van der Waals surface area contributed by atoms with E-state index in [2.05, 4.69) is 0 Å². The van der Waals surface area contributed by atoms with Gasteiger partial charge >= 0.3 is 0 Å². The first-order chi connectivity index (χ1) is 11.6. The molecule has 0 aromatic heterocycles. The monoisotopic (exact) mass is 318 g/mol. The zero-order valence-corrected chi connectivity index (χ0v) is 13.7. The normalized spacial score (nSPS) is 17.2. The van der Waals surface area contributed by atoms with Crippen LogP contribution < -0.4 is 14.7 Å². The second kappa shape index (κ2) is 5.23. The summed E-state index contributed by atoms with van der Waals surface area (Å²) in [4.78, 5) is 18.4. The van der Waals surface area contributed by atoms with E-state index in [4.69, 9.17) is 5.41 Å². The van der Waals surface area contributed by atoms with Crippen LogP contribution in [0.3, 0.4) is 0 Å². The molecule has 1 N–H and O–H groups in total. The molecule has 4 rings (SSSR count).